The highest BCUT2D eigenvalue weighted by molar-refractivity contribution is 7.17. The molecule has 0 spiro atoms. The number of aryl methyl sites for hydroxylation is 1. The highest BCUT2D eigenvalue weighted by Crippen LogP contribution is 2.43. The van der Waals surface area contributed by atoms with Crippen molar-refractivity contribution in [2.45, 2.75) is 13.0 Å². The predicted molar refractivity (Wildman–Crippen MR) is 116 cm³/mol. The maximum absolute atomic E-state index is 13.1. The van der Waals surface area contributed by atoms with Gasteiger partial charge < -0.3 is 9.84 Å². The molecule has 1 fully saturated rings. The molecule has 1 saturated heterocycles. The zero-order valence-corrected chi connectivity index (χ0v) is 17.6. The van der Waals surface area contributed by atoms with Gasteiger partial charge in [-0.15, -0.1) is 0 Å². The van der Waals surface area contributed by atoms with Crippen LogP contribution in [0.15, 0.2) is 66.2 Å². The Morgan fingerprint density at radius 1 is 1.06 bits per heavy atom. The molecule has 1 aliphatic heterocycles. The predicted octanol–water partition coefficient (Wildman–Crippen LogP) is 3.86. The van der Waals surface area contributed by atoms with E-state index in [0.29, 0.717) is 16.8 Å². The molecule has 2 heterocycles. The summed E-state index contributed by atoms with van der Waals surface area (Å²) in [4.78, 5) is 44.0. The third-order valence-corrected chi connectivity index (χ3v) is 6.11. The van der Waals surface area contributed by atoms with Gasteiger partial charge in [0, 0.05) is 5.56 Å². The molecule has 2 aromatic carbocycles. The van der Waals surface area contributed by atoms with Crippen LogP contribution in [0.4, 0.5) is 5.13 Å². The number of carbonyl (C=O) groups is 3. The number of hydrogen-bond acceptors (Lipinski definition) is 7. The summed E-state index contributed by atoms with van der Waals surface area (Å²) >= 11 is 0.966. The molecule has 3 aromatic rings. The lowest BCUT2D eigenvalue weighted by Gasteiger charge is -2.22. The molecule has 1 atom stereocenters. The molecule has 8 heteroatoms. The number of rotatable bonds is 4. The summed E-state index contributed by atoms with van der Waals surface area (Å²) < 4.78 is 4.78. The van der Waals surface area contributed by atoms with Gasteiger partial charge in [-0.1, -0.05) is 72.0 Å². The number of esters is 1. The van der Waals surface area contributed by atoms with Crippen LogP contribution < -0.4 is 4.90 Å². The van der Waals surface area contributed by atoms with Crippen LogP contribution in [0.5, 0.6) is 0 Å². The number of ketones is 1. The van der Waals surface area contributed by atoms with E-state index < -0.39 is 23.7 Å². The number of aliphatic hydroxyl groups is 1. The normalized spacial score (nSPS) is 17.7. The van der Waals surface area contributed by atoms with Gasteiger partial charge in [0.05, 0.1) is 24.4 Å². The Labute approximate surface area is 182 Å². The monoisotopic (exact) mass is 434 g/mol. The molecule has 4 rings (SSSR count). The summed E-state index contributed by atoms with van der Waals surface area (Å²) in [5, 5.41) is 11.2. The zero-order chi connectivity index (χ0) is 22.1. The van der Waals surface area contributed by atoms with Crippen LogP contribution in [0.1, 0.15) is 32.5 Å². The van der Waals surface area contributed by atoms with E-state index in [4.69, 9.17) is 4.74 Å². The van der Waals surface area contributed by atoms with E-state index >= 15 is 0 Å². The molecule has 1 aromatic heterocycles. The van der Waals surface area contributed by atoms with E-state index in [1.807, 2.05) is 6.07 Å². The molecule has 0 aliphatic carbocycles. The average molecular weight is 434 g/mol. The van der Waals surface area contributed by atoms with Crippen LogP contribution in [-0.2, 0) is 14.3 Å². The van der Waals surface area contributed by atoms with Crippen LogP contribution in [0.3, 0.4) is 0 Å². The van der Waals surface area contributed by atoms with Gasteiger partial charge in [-0.2, -0.15) is 0 Å². The van der Waals surface area contributed by atoms with Crippen LogP contribution in [0, 0.1) is 6.92 Å². The fourth-order valence-electron chi connectivity index (χ4n) is 3.50. The number of amides is 1. The van der Waals surface area contributed by atoms with Gasteiger partial charge in [0.15, 0.2) is 5.13 Å². The Hall–Kier alpha value is -3.78. The van der Waals surface area contributed by atoms with Crippen LogP contribution in [-0.4, -0.2) is 34.9 Å². The van der Waals surface area contributed by atoms with Gasteiger partial charge in [-0.3, -0.25) is 14.5 Å². The second kappa shape index (κ2) is 8.16. The molecule has 156 valence electrons. The number of aromatic nitrogens is 1. The van der Waals surface area contributed by atoms with Crippen molar-refractivity contribution in [3.05, 3.63) is 87.9 Å². The summed E-state index contributed by atoms with van der Waals surface area (Å²) in [6, 6.07) is 16.6. The molecule has 31 heavy (non-hydrogen) atoms. The largest absolute Gasteiger partial charge is 0.507 e. The maximum atomic E-state index is 13.1. The third-order valence-electron chi connectivity index (χ3n) is 4.97. The first-order valence-electron chi connectivity index (χ1n) is 9.41. The molecule has 1 unspecified atom stereocenters. The van der Waals surface area contributed by atoms with Crippen LogP contribution >= 0.6 is 11.3 Å². The fourth-order valence-corrected chi connectivity index (χ4v) is 4.51. The van der Waals surface area contributed by atoms with Gasteiger partial charge >= 0.3 is 11.9 Å². The molecule has 1 N–H and O–H groups in total. The summed E-state index contributed by atoms with van der Waals surface area (Å²) in [5.41, 5.74) is 1.41. The SMILES string of the molecule is COC(=O)c1sc(N2C(=O)C(=O)C(=C(O)c3ccccc3)C2c2ccccc2)nc1C. The van der Waals surface area contributed by atoms with Crippen molar-refractivity contribution >= 4 is 39.9 Å². The zero-order valence-electron chi connectivity index (χ0n) is 16.7. The Kier molecular flexibility index (Phi) is 5.39. The number of ether oxygens (including phenoxy) is 1. The van der Waals surface area contributed by atoms with Gasteiger partial charge in [0.1, 0.15) is 10.6 Å². The number of thiazole rings is 1. The average Bonchev–Trinajstić information content (AvgIpc) is 3.31. The number of nitrogens with zero attached hydrogens (tertiary/aromatic N) is 2. The van der Waals surface area contributed by atoms with Gasteiger partial charge in [-0.25, -0.2) is 9.78 Å². The van der Waals surface area contributed by atoms with E-state index in [-0.39, 0.29) is 21.3 Å². The molecule has 7 nitrogen and oxygen atoms in total. The topological polar surface area (TPSA) is 96.8 Å². The van der Waals surface area contributed by atoms with E-state index in [2.05, 4.69) is 4.98 Å². The smallest absolute Gasteiger partial charge is 0.350 e. The lowest BCUT2D eigenvalue weighted by atomic mass is 9.95. The maximum Gasteiger partial charge on any atom is 0.350 e. The van der Waals surface area contributed by atoms with Crippen molar-refractivity contribution in [2.24, 2.45) is 0 Å². The summed E-state index contributed by atoms with van der Waals surface area (Å²) in [6.07, 6.45) is 0. The number of Topliss-reactive ketones (excluding diaryl/α,β-unsaturated/α-hetero) is 1. The minimum Gasteiger partial charge on any atom is -0.507 e. The second-order valence-electron chi connectivity index (χ2n) is 6.85. The van der Waals surface area contributed by atoms with E-state index in [9.17, 15) is 19.5 Å². The molecule has 0 saturated carbocycles. The first-order valence-corrected chi connectivity index (χ1v) is 10.2. The van der Waals surface area contributed by atoms with Crippen molar-refractivity contribution in [3.63, 3.8) is 0 Å². The fraction of sp³-hybridized carbons (Fsp3) is 0.130. The minimum atomic E-state index is -0.891. The highest BCUT2D eigenvalue weighted by Gasteiger charge is 2.48. The lowest BCUT2D eigenvalue weighted by molar-refractivity contribution is -0.132. The summed E-state index contributed by atoms with van der Waals surface area (Å²) in [5.74, 6) is -2.48. The number of aliphatic hydroxyl groups excluding tert-OH is 1. The van der Waals surface area contributed by atoms with Gasteiger partial charge in [-0.05, 0) is 12.5 Å². The Morgan fingerprint density at radius 2 is 1.68 bits per heavy atom. The number of benzene rings is 2. The minimum absolute atomic E-state index is 0.0325. The quantitative estimate of drug-likeness (QED) is 0.290. The molecule has 1 aliphatic rings. The highest BCUT2D eigenvalue weighted by atomic mass is 32.1. The molecular formula is C23H18N2O5S. The first kappa shape index (κ1) is 20.5. The van der Waals surface area contributed by atoms with E-state index in [1.165, 1.54) is 12.0 Å². The van der Waals surface area contributed by atoms with Crippen LogP contribution in [0.25, 0.3) is 5.76 Å². The summed E-state index contributed by atoms with van der Waals surface area (Å²) in [7, 11) is 1.26. The molecule has 1 amide bonds. The number of carbonyl (C=O) groups excluding carboxylic acids is 3. The van der Waals surface area contributed by atoms with Crippen molar-refractivity contribution in [1.29, 1.82) is 0 Å². The lowest BCUT2D eigenvalue weighted by Crippen LogP contribution is -2.29. The Bertz CT molecular complexity index is 1200. The molecular weight excluding hydrogens is 416 g/mol. The Balaban J connectivity index is 1.93. The van der Waals surface area contributed by atoms with Crippen LogP contribution in [0.2, 0.25) is 0 Å². The van der Waals surface area contributed by atoms with E-state index in [1.54, 1.807) is 61.5 Å². The first-order chi connectivity index (χ1) is 14.9. The van der Waals surface area contributed by atoms with Crippen molar-refractivity contribution in [3.8, 4) is 0 Å². The van der Waals surface area contributed by atoms with Crippen molar-refractivity contribution in [2.75, 3.05) is 12.0 Å². The second-order valence-corrected chi connectivity index (χ2v) is 7.83. The van der Waals surface area contributed by atoms with Gasteiger partial charge in [0.25, 0.3) is 5.78 Å². The Morgan fingerprint density at radius 3 is 2.29 bits per heavy atom. The van der Waals surface area contributed by atoms with Crippen molar-refractivity contribution < 1.29 is 24.2 Å². The molecule has 0 bridgehead atoms. The number of anilines is 1. The molecule has 0 radical (unpaired) electrons. The summed E-state index contributed by atoms with van der Waals surface area (Å²) in [6.45, 7) is 1.63. The number of methoxy groups -OCH3 is 1. The van der Waals surface area contributed by atoms with E-state index in [0.717, 1.165) is 11.3 Å². The van der Waals surface area contributed by atoms with Gasteiger partial charge in [0.2, 0.25) is 0 Å². The third kappa shape index (κ3) is 3.51. The van der Waals surface area contributed by atoms with Crippen molar-refractivity contribution in [1.82, 2.24) is 4.98 Å². The standard InChI is InChI=1S/C23H18N2O5S/c1-13-20(22(29)30-2)31-23(24-13)25-17(14-9-5-3-6-10-14)16(19(27)21(25)28)18(26)15-11-7-4-8-12-15/h3-12,17,26H,1-2H3. The number of hydrogen-bond donors (Lipinski definition) is 1.